The molecular weight excluding hydrogens is 232 g/mol. The lowest BCUT2D eigenvalue weighted by molar-refractivity contribution is 0.0655. The maximum absolute atomic E-state index is 3.61. The molecule has 1 aliphatic carbocycles. The first-order chi connectivity index (χ1) is 8.88. The van der Waals surface area contributed by atoms with Crippen LogP contribution < -0.4 is 5.32 Å². The smallest absolute Gasteiger partial charge is 0.0169 e. The molecule has 2 heteroatoms. The minimum absolute atomic E-state index is 0.365. The van der Waals surface area contributed by atoms with Crippen molar-refractivity contribution < 1.29 is 0 Å². The van der Waals surface area contributed by atoms with E-state index in [1.165, 1.54) is 38.9 Å². The van der Waals surface area contributed by atoms with Gasteiger partial charge < -0.3 is 5.32 Å². The van der Waals surface area contributed by atoms with Crippen molar-refractivity contribution in [3.8, 4) is 0 Å². The zero-order valence-electron chi connectivity index (χ0n) is 13.5. The van der Waals surface area contributed by atoms with Crippen LogP contribution in [0, 0.1) is 11.3 Å². The van der Waals surface area contributed by atoms with Gasteiger partial charge in [0.1, 0.15) is 0 Å². The van der Waals surface area contributed by atoms with Gasteiger partial charge in [0.2, 0.25) is 0 Å². The average molecular weight is 264 g/mol. The van der Waals surface area contributed by atoms with Crippen LogP contribution in [0.1, 0.15) is 53.9 Å². The summed E-state index contributed by atoms with van der Waals surface area (Å²) in [5.41, 5.74) is 2.02. The Morgan fingerprint density at radius 2 is 2.05 bits per heavy atom. The molecule has 1 saturated carbocycles. The van der Waals surface area contributed by atoms with Gasteiger partial charge in [-0.05, 0) is 37.1 Å². The minimum Gasteiger partial charge on any atom is -0.314 e. The van der Waals surface area contributed by atoms with Gasteiger partial charge in [-0.1, -0.05) is 46.3 Å². The second-order valence-corrected chi connectivity index (χ2v) is 7.69. The summed E-state index contributed by atoms with van der Waals surface area (Å²) < 4.78 is 0. The van der Waals surface area contributed by atoms with Crippen molar-refractivity contribution in [2.75, 3.05) is 19.6 Å². The summed E-state index contributed by atoms with van der Waals surface area (Å²) in [4.78, 5) is 2.71. The van der Waals surface area contributed by atoms with Gasteiger partial charge >= 0.3 is 0 Å². The molecule has 2 rings (SSSR count). The highest BCUT2D eigenvalue weighted by atomic mass is 15.2. The lowest BCUT2D eigenvalue weighted by atomic mass is 9.76. The van der Waals surface area contributed by atoms with Crippen LogP contribution in [0.25, 0.3) is 0 Å². The number of rotatable bonds is 4. The van der Waals surface area contributed by atoms with Gasteiger partial charge in [-0.15, -0.1) is 0 Å². The predicted molar refractivity (Wildman–Crippen MR) is 83.4 cm³/mol. The Balaban J connectivity index is 1.83. The van der Waals surface area contributed by atoms with Gasteiger partial charge in [0.15, 0.2) is 0 Å². The second-order valence-electron chi connectivity index (χ2n) is 7.69. The average Bonchev–Trinajstić information content (AvgIpc) is 2.26. The molecule has 1 N–H and O–H groups in total. The van der Waals surface area contributed by atoms with Gasteiger partial charge in [-0.2, -0.15) is 0 Å². The van der Waals surface area contributed by atoms with Gasteiger partial charge in [0, 0.05) is 25.2 Å². The highest BCUT2D eigenvalue weighted by molar-refractivity contribution is 5.15. The van der Waals surface area contributed by atoms with Crippen molar-refractivity contribution in [3.05, 3.63) is 11.6 Å². The van der Waals surface area contributed by atoms with E-state index >= 15 is 0 Å². The van der Waals surface area contributed by atoms with E-state index in [0.29, 0.717) is 11.5 Å². The zero-order valence-corrected chi connectivity index (χ0v) is 13.5. The zero-order chi connectivity index (χ0) is 14.0. The molecule has 0 spiro atoms. The minimum atomic E-state index is 0.365. The molecule has 2 atom stereocenters. The van der Waals surface area contributed by atoms with E-state index in [1.54, 1.807) is 5.57 Å². The van der Waals surface area contributed by atoms with E-state index in [0.717, 1.165) is 12.0 Å². The molecule has 2 aliphatic rings. The van der Waals surface area contributed by atoms with Gasteiger partial charge in [-0.3, -0.25) is 4.90 Å². The third-order valence-corrected chi connectivity index (χ3v) is 4.84. The highest BCUT2D eigenvalue weighted by Crippen LogP contribution is 2.36. The molecule has 0 amide bonds. The van der Waals surface area contributed by atoms with Crippen molar-refractivity contribution in [1.82, 2.24) is 10.2 Å². The Morgan fingerprint density at radius 3 is 2.47 bits per heavy atom. The Morgan fingerprint density at radius 1 is 1.32 bits per heavy atom. The standard InChI is InChI=1S/C17H32N2/c1-13(2)18-12-14-6-7-16(14)19-10-8-15(9-11-19)17(3,4)5/h8,13-14,16,18H,6-7,9-12H2,1-5H3. The summed E-state index contributed by atoms with van der Waals surface area (Å²) in [7, 11) is 0. The van der Waals surface area contributed by atoms with Crippen LogP contribution in [0.15, 0.2) is 11.6 Å². The Labute approximate surface area is 119 Å². The van der Waals surface area contributed by atoms with Crippen LogP contribution >= 0.6 is 0 Å². The quantitative estimate of drug-likeness (QED) is 0.783. The van der Waals surface area contributed by atoms with Crippen LogP contribution in [0.5, 0.6) is 0 Å². The number of hydrogen-bond donors (Lipinski definition) is 1. The molecule has 0 bridgehead atoms. The molecular formula is C17H32N2. The number of hydrogen-bond acceptors (Lipinski definition) is 2. The summed E-state index contributed by atoms with van der Waals surface area (Å²) in [6.45, 7) is 15.2. The Bertz CT molecular complexity index is 325. The Kier molecular flexibility index (Phi) is 4.73. The van der Waals surface area contributed by atoms with Crippen molar-refractivity contribution in [2.45, 2.75) is 66.0 Å². The maximum atomic E-state index is 3.61. The molecule has 0 aromatic rings. The van der Waals surface area contributed by atoms with Crippen molar-refractivity contribution in [3.63, 3.8) is 0 Å². The summed E-state index contributed by atoms with van der Waals surface area (Å²) in [5.74, 6) is 0.881. The molecule has 2 unspecified atom stereocenters. The van der Waals surface area contributed by atoms with Gasteiger partial charge in [0.25, 0.3) is 0 Å². The molecule has 2 nitrogen and oxygen atoms in total. The largest absolute Gasteiger partial charge is 0.314 e. The summed E-state index contributed by atoms with van der Waals surface area (Å²) in [6, 6.07) is 1.46. The molecule has 0 aromatic carbocycles. The first-order valence-corrected chi connectivity index (χ1v) is 8.05. The highest BCUT2D eigenvalue weighted by Gasteiger charge is 2.36. The molecule has 19 heavy (non-hydrogen) atoms. The fourth-order valence-electron chi connectivity index (χ4n) is 3.32. The molecule has 0 saturated heterocycles. The SMILES string of the molecule is CC(C)NCC1CCC1N1CC=C(C(C)(C)C)CC1. The van der Waals surface area contributed by atoms with Crippen LogP contribution in [0.4, 0.5) is 0 Å². The molecule has 110 valence electrons. The number of nitrogens with one attached hydrogen (secondary N) is 1. The fraction of sp³-hybridized carbons (Fsp3) is 0.882. The normalized spacial score (nSPS) is 29.3. The van der Waals surface area contributed by atoms with E-state index in [2.05, 4.69) is 50.9 Å². The van der Waals surface area contributed by atoms with Crippen molar-refractivity contribution in [1.29, 1.82) is 0 Å². The van der Waals surface area contributed by atoms with Crippen LogP contribution in [-0.4, -0.2) is 36.6 Å². The molecule has 1 heterocycles. The lowest BCUT2D eigenvalue weighted by Crippen LogP contribution is -2.52. The summed E-state index contributed by atoms with van der Waals surface area (Å²) >= 11 is 0. The van der Waals surface area contributed by atoms with E-state index in [1.807, 2.05) is 0 Å². The topological polar surface area (TPSA) is 15.3 Å². The van der Waals surface area contributed by atoms with Crippen molar-refractivity contribution >= 4 is 0 Å². The van der Waals surface area contributed by atoms with Crippen molar-refractivity contribution in [2.24, 2.45) is 11.3 Å². The van der Waals surface area contributed by atoms with Crippen LogP contribution in [0.3, 0.4) is 0 Å². The first-order valence-electron chi connectivity index (χ1n) is 8.05. The molecule has 0 aromatic heterocycles. The van der Waals surface area contributed by atoms with E-state index < -0.39 is 0 Å². The fourth-order valence-corrected chi connectivity index (χ4v) is 3.32. The van der Waals surface area contributed by atoms with E-state index in [4.69, 9.17) is 0 Å². The first kappa shape index (κ1) is 15.1. The monoisotopic (exact) mass is 264 g/mol. The Hall–Kier alpha value is -0.340. The van der Waals surface area contributed by atoms with E-state index in [-0.39, 0.29) is 0 Å². The maximum Gasteiger partial charge on any atom is 0.0169 e. The molecule has 1 fully saturated rings. The van der Waals surface area contributed by atoms with Gasteiger partial charge in [0.05, 0.1) is 0 Å². The third kappa shape index (κ3) is 3.82. The summed E-state index contributed by atoms with van der Waals surface area (Å²) in [6.07, 6.45) is 6.58. The van der Waals surface area contributed by atoms with E-state index in [9.17, 15) is 0 Å². The van der Waals surface area contributed by atoms with Crippen LogP contribution in [-0.2, 0) is 0 Å². The van der Waals surface area contributed by atoms with Crippen LogP contribution in [0.2, 0.25) is 0 Å². The third-order valence-electron chi connectivity index (χ3n) is 4.84. The molecule has 1 aliphatic heterocycles. The predicted octanol–water partition coefficient (Wildman–Crippen LogP) is 3.44. The lowest BCUT2D eigenvalue weighted by Gasteiger charge is -2.46. The summed E-state index contributed by atoms with van der Waals surface area (Å²) in [5, 5.41) is 3.61. The second kappa shape index (κ2) is 5.97. The number of nitrogens with zero attached hydrogens (tertiary/aromatic N) is 1. The molecule has 0 radical (unpaired) electrons. The van der Waals surface area contributed by atoms with Gasteiger partial charge in [-0.25, -0.2) is 0 Å².